The zero-order valence-corrected chi connectivity index (χ0v) is 71.1. The number of methoxy groups -OCH3 is 1. The maximum atomic E-state index is 15.7. The lowest BCUT2D eigenvalue weighted by Crippen LogP contribution is -2.68. The van der Waals surface area contributed by atoms with Crippen LogP contribution in [-0.4, -0.2) is 226 Å². The second-order valence-corrected chi connectivity index (χ2v) is 31.1. The SMILES string of the molecule is CO[C@@H]1[C@@H](OC(=O)c2ccccc2)[C@H](O[C@H]2[C@H](O[C@@H]3[C@@H](OC(=O)c4ccccc4)[C@H](O)O[C@H](C)[C@H]3OC(=O)c3ccccc3)OC[C@@H](O[C@@H]3O[C@H](C)[C@@H](OC(=O)c4ccccc4)[C@H](OC(=O)c4ccccc4)[C@H]3O[C@@H]3O[C@H](C)[C@H](OC(=O)c4ccccc4)[C@H](OC(=O)c4ccccc4)[C@H]3OC(=O)c3ccccc3)[C@@H]2OC(=O)c2ccccc2)O[C@H](C)[C@H]1OC(=O)c1ccccc1. The smallest absolute Gasteiger partial charge is 0.338 e. The summed E-state index contributed by atoms with van der Waals surface area (Å²) in [5.74, 6) is -10.1. The number of ether oxygens (including phenoxy) is 20. The molecule has 131 heavy (non-hydrogen) atoms. The standard InChI is InChI=1S/C100H92O31/c1-57-73(120-87(102)62-38-18-7-19-39-62)78(81(96(111)114-57)126-93(108)68-50-30-13-31-51-68)129-97-82(130-99-83(127-94(109)69-52-32-14-33-53-69)77(112-5)72(58(2)116-99)119-86(101)61-36-16-6-17-37-61)76(123-90(105)65-44-24-10-25-45-65)71(56-113-97)118-98-85(80(125-92(107)67-48-28-12-29-49-67)75(59(3)115-98)122-89(104)64-42-22-9-23-43-64)131-100-84(128-95(110)70-54-34-15-35-55-70)79(124-91(106)66-46-26-11-27-47-66)74(60(4)117-100)121-88(103)63-40-20-8-21-41-63/h6-55,57-60,71-85,96-100,111H,56H2,1-5H3/t57-,58-,59-,60-,71-,72-,73-,74+,75-,76+,77+,78+,79+,80+,81-,82-,83-,84-,85-,96-,97+,98+,99+,100+/m1/s1. The Balaban J connectivity index is 0.903. The van der Waals surface area contributed by atoms with E-state index in [0.717, 1.165) is 0 Å². The minimum Gasteiger partial charge on any atom is -0.453 e. The molecule has 0 radical (unpaired) electrons. The van der Waals surface area contributed by atoms with Crippen molar-refractivity contribution in [3.63, 3.8) is 0 Å². The van der Waals surface area contributed by atoms with E-state index in [1.165, 1.54) is 168 Å². The third-order valence-electron chi connectivity index (χ3n) is 22.3. The van der Waals surface area contributed by atoms with E-state index in [-0.39, 0.29) is 55.6 Å². The predicted molar refractivity (Wildman–Crippen MR) is 456 cm³/mol. The fourth-order valence-electron chi connectivity index (χ4n) is 15.7. The minimum atomic E-state index is -2.18. The second kappa shape index (κ2) is 43.3. The molecule has 1 N–H and O–H groups in total. The number of hydrogen-bond donors (Lipinski definition) is 1. The van der Waals surface area contributed by atoms with E-state index in [4.69, 9.17) is 94.7 Å². The largest absolute Gasteiger partial charge is 0.453 e. The molecule has 10 aromatic carbocycles. The van der Waals surface area contributed by atoms with Crippen LogP contribution in [-0.2, 0) is 94.7 Å². The van der Waals surface area contributed by atoms with E-state index in [1.807, 2.05) is 0 Å². The summed E-state index contributed by atoms with van der Waals surface area (Å²) in [6.07, 6.45) is -44.7. The highest BCUT2D eigenvalue weighted by Crippen LogP contribution is 2.42. The van der Waals surface area contributed by atoms with Gasteiger partial charge in [-0.3, -0.25) is 0 Å². The van der Waals surface area contributed by atoms with Crippen molar-refractivity contribution < 1.29 is 148 Å². The van der Waals surface area contributed by atoms with Gasteiger partial charge >= 0.3 is 59.7 Å². The molecule has 5 saturated heterocycles. The van der Waals surface area contributed by atoms with E-state index >= 15 is 14.4 Å². The van der Waals surface area contributed by atoms with Crippen molar-refractivity contribution in [1.29, 1.82) is 0 Å². The number of esters is 10. The molecule has 0 aliphatic carbocycles. The number of benzene rings is 10. The van der Waals surface area contributed by atoms with E-state index in [1.54, 1.807) is 170 Å². The molecule has 0 unspecified atom stereocenters. The number of carbonyl (C=O) groups is 10. The molecule has 0 bridgehead atoms. The molecule has 5 aliphatic rings. The van der Waals surface area contributed by atoms with Gasteiger partial charge in [0.15, 0.2) is 105 Å². The molecule has 24 atom stereocenters. The Kier molecular flexibility index (Phi) is 30.4. The first-order chi connectivity index (χ1) is 63.6. The number of rotatable bonds is 29. The van der Waals surface area contributed by atoms with Crippen LogP contribution in [0.1, 0.15) is 131 Å². The van der Waals surface area contributed by atoms with Crippen LogP contribution < -0.4 is 0 Å². The number of aliphatic hydroxyl groups is 1. The molecule has 31 heteroatoms. The highest BCUT2D eigenvalue weighted by atomic mass is 16.8. The number of carbonyl (C=O) groups excluding carboxylic acids is 10. The van der Waals surface area contributed by atoms with Crippen LogP contribution in [0.15, 0.2) is 303 Å². The maximum absolute atomic E-state index is 15.7. The summed E-state index contributed by atoms with van der Waals surface area (Å²) >= 11 is 0. The summed E-state index contributed by atoms with van der Waals surface area (Å²) in [4.78, 5) is 149. The lowest BCUT2D eigenvalue weighted by atomic mass is 9.96. The number of aliphatic hydroxyl groups excluding tert-OH is 1. The lowest BCUT2D eigenvalue weighted by Gasteiger charge is -2.51. The Hall–Kier alpha value is -13.5. The molecular formula is C100H92O31. The summed E-state index contributed by atoms with van der Waals surface area (Å²) in [6, 6.07) is 76.9. The van der Waals surface area contributed by atoms with Crippen molar-refractivity contribution in [2.24, 2.45) is 0 Å². The van der Waals surface area contributed by atoms with Gasteiger partial charge in [-0.15, -0.1) is 0 Å². The number of hydrogen-bond acceptors (Lipinski definition) is 31. The zero-order valence-electron chi connectivity index (χ0n) is 71.1. The van der Waals surface area contributed by atoms with Gasteiger partial charge in [0.2, 0.25) is 0 Å². The van der Waals surface area contributed by atoms with Crippen LogP contribution in [0.25, 0.3) is 0 Å². The maximum Gasteiger partial charge on any atom is 0.338 e. The van der Waals surface area contributed by atoms with Crippen molar-refractivity contribution in [3.8, 4) is 0 Å². The topological polar surface area (TPSA) is 376 Å². The zero-order chi connectivity index (χ0) is 91.6. The fourth-order valence-corrected chi connectivity index (χ4v) is 15.7. The van der Waals surface area contributed by atoms with Gasteiger partial charge in [-0.2, -0.15) is 0 Å². The lowest BCUT2D eigenvalue weighted by molar-refractivity contribution is -0.394. The summed E-state index contributed by atoms with van der Waals surface area (Å²) in [7, 11) is 1.24. The molecular weight excluding hydrogens is 1700 g/mol. The molecule has 10 aromatic rings. The first kappa shape index (κ1) is 92.2. The molecule has 5 heterocycles. The van der Waals surface area contributed by atoms with Crippen LogP contribution in [0.3, 0.4) is 0 Å². The quantitative estimate of drug-likeness (QED) is 0.0336. The molecule has 15 rings (SSSR count). The molecule has 0 spiro atoms. The monoisotopic (exact) mass is 1790 g/mol. The molecule has 5 fully saturated rings. The predicted octanol–water partition coefficient (Wildman–Crippen LogP) is 12.1. The molecule has 31 nitrogen and oxygen atoms in total. The van der Waals surface area contributed by atoms with E-state index in [2.05, 4.69) is 0 Å². The van der Waals surface area contributed by atoms with Crippen LogP contribution in [0, 0.1) is 0 Å². The summed E-state index contributed by atoms with van der Waals surface area (Å²) in [5, 5.41) is 12.3. The average molecular weight is 1790 g/mol. The van der Waals surface area contributed by atoms with Gasteiger partial charge in [-0.1, -0.05) is 182 Å². The van der Waals surface area contributed by atoms with Crippen molar-refractivity contribution in [2.75, 3.05) is 13.7 Å². The average Bonchev–Trinajstić information content (AvgIpc) is 0.759. The van der Waals surface area contributed by atoms with Crippen molar-refractivity contribution in [3.05, 3.63) is 359 Å². The van der Waals surface area contributed by atoms with Crippen LogP contribution in [0.2, 0.25) is 0 Å². The van der Waals surface area contributed by atoms with E-state index in [0.29, 0.717) is 0 Å². The summed E-state index contributed by atoms with van der Waals surface area (Å²) in [5.41, 5.74) is -0.0928. The van der Waals surface area contributed by atoms with Crippen LogP contribution >= 0.6 is 0 Å². The van der Waals surface area contributed by atoms with Gasteiger partial charge in [-0.05, 0) is 149 Å². The Morgan fingerprint density at radius 3 is 0.702 bits per heavy atom. The summed E-state index contributed by atoms with van der Waals surface area (Å²) < 4.78 is 133. The third kappa shape index (κ3) is 22.3. The Morgan fingerprint density at radius 2 is 0.420 bits per heavy atom. The van der Waals surface area contributed by atoms with Gasteiger partial charge in [0.05, 0.1) is 86.7 Å². The van der Waals surface area contributed by atoms with Crippen LogP contribution in [0.4, 0.5) is 0 Å². The molecule has 5 aliphatic heterocycles. The highest BCUT2D eigenvalue weighted by Gasteiger charge is 2.61. The first-order valence-corrected chi connectivity index (χ1v) is 42.3. The molecule has 678 valence electrons. The van der Waals surface area contributed by atoms with Crippen LogP contribution in [0.5, 0.6) is 0 Å². The third-order valence-corrected chi connectivity index (χ3v) is 22.3. The second-order valence-electron chi connectivity index (χ2n) is 31.1. The first-order valence-electron chi connectivity index (χ1n) is 42.3. The van der Waals surface area contributed by atoms with Crippen molar-refractivity contribution >= 4 is 59.7 Å². The fraction of sp³-hybridized carbons (Fsp3) is 0.300. The van der Waals surface area contributed by atoms with Gasteiger partial charge in [0.25, 0.3) is 0 Å². The Labute approximate surface area is 751 Å². The molecule has 0 saturated carbocycles. The van der Waals surface area contributed by atoms with Crippen molar-refractivity contribution in [1.82, 2.24) is 0 Å². The van der Waals surface area contributed by atoms with Gasteiger partial charge in [-0.25, -0.2) is 47.9 Å². The Morgan fingerprint density at radius 1 is 0.221 bits per heavy atom. The Bertz CT molecular complexity index is 5440. The molecule has 0 aromatic heterocycles. The minimum absolute atomic E-state index is 0.00503. The summed E-state index contributed by atoms with van der Waals surface area (Å²) in [6.45, 7) is 4.93. The molecule has 0 amide bonds. The van der Waals surface area contributed by atoms with E-state index < -0.39 is 214 Å². The van der Waals surface area contributed by atoms with Gasteiger partial charge in [0, 0.05) is 7.11 Å². The van der Waals surface area contributed by atoms with Gasteiger partial charge in [0.1, 0.15) is 18.3 Å². The van der Waals surface area contributed by atoms with Gasteiger partial charge < -0.3 is 99.8 Å². The normalized spacial score (nSPS) is 28.0. The van der Waals surface area contributed by atoms with Crippen molar-refractivity contribution in [2.45, 2.75) is 175 Å². The highest BCUT2D eigenvalue weighted by molar-refractivity contribution is 5.94. The van der Waals surface area contributed by atoms with E-state index in [9.17, 15) is 38.7 Å².